The normalized spacial score (nSPS) is 18.8. The highest BCUT2D eigenvalue weighted by molar-refractivity contribution is 5.78. The van der Waals surface area contributed by atoms with E-state index in [1.807, 2.05) is 0 Å². The van der Waals surface area contributed by atoms with E-state index in [9.17, 15) is 4.79 Å². The van der Waals surface area contributed by atoms with Crippen LogP contribution in [-0.2, 0) is 9.53 Å². The lowest BCUT2D eigenvalue weighted by atomic mass is 10.1. The van der Waals surface area contributed by atoms with E-state index >= 15 is 0 Å². The summed E-state index contributed by atoms with van der Waals surface area (Å²) in [6, 6.07) is 0.679. The number of nitrogens with one attached hydrogen (secondary N) is 2. The number of hydrogen-bond acceptors (Lipinski definition) is 3. The Balaban J connectivity index is 2.21. The van der Waals surface area contributed by atoms with Crippen LogP contribution in [0, 0.1) is 0 Å². The van der Waals surface area contributed by atoms with Crippen LogP contribution >= 0.6 is 0 Å². The fourth-order valence-corrected chi connectivity index (χ4v) is 2.73. The summed E-state index contributed by atoms with van der Waals surface area (Å²) < 4.78 is 5.16. The smallest absolute Gasteiger partial charge is 0.234 e. The average molecular weight is 270 g/mol. The first-order chi connectivity index (χ1) is 9.26. The number of methoxy groups -OCH3 is 1. The third-order valence-corrected chi connectivity index (χ3v) is 3.78. The molecule has 0 aromatic carbocycles. The Morgan fingerprint density at radius 1 is 1.26 bits per heavy atom. The van der Waals surface area contributed by atoms with Gasteiger partial charge in [0.2, 0.25) is 5.91 Å². The molecule has 1 aliphatic rings. The van der Waals surface area contributed by atoms with Gasteiger partial charge in [-0.1, -0.05) is 39.0 Å². The van der Waals surface area contributed by atoms with E-state index < -0.39 is 0 Å². The van der Waals surface area contributed by atoms with Gasteiger partial charge in [0.1, 0.15) is 0 Å². The highest BCUT2D eigenvalue weighted by Crippen LogP contribution is 2.16. The standard InChI is InChI=1S/C15H30N2O2/c1-3-8-14(12-19-2)16-11-15(18)17-13-9-6-4-5-7-10-13/h13-14,16H,3-12H2,1-2H3,(H,17,18). The van der Waals surface area contributed by atoms with Gasteiger partial charge in [-0.15, -0.1) is 0 Å². The molecule has 0 bridgehead atoms. The molecule has 1 unspecified atom stereocenters. The van der Waals surface area contributed by atoms with Crippen LogP contribution in [0.4, 0.5) is 0 Å². The molecule has 0 radical (unpaired) electrons. The van der Waals surface area contributed by atoms with Crippen molar-refractivity contribution in [1.29, 1.82) is 0 Å². The molecule has 4 heteroatoms. The van der Waals surface area contributed by atoms with Crippen LogP contribution in [0.3, 0.4) is 0 Å². The van der Waals surface area contributed by atoms with Crippen LogP contribution in [0.5, 0.6) is 0 Å². The SMILES string of the molecule is CCCC(COC)NCC(=O)NC1CCCCCC1. The zero-order valence-corrected chi connectivity index (χ0v) is 12.5. The lowest BCUT2D eigenvalue weighted by Gasteiger charge is -2.19. The highest BCUT2D eigenvalue weighted by atomic mass is 16.5. The molecule has 0 aromatic rings. The zero-order valence-electron chi connectivity index (χ0n) is 12.5. The van der Waals surface area contributed by atoms with Gasteiger partial charge in [0, 0.05) is 19.2 Å². The van der Waals surface area contributed by atoms with Crippen molar-refractivity contribution in [2.45, 2.75) is 70.4 Å². The van der Waals surface area contributed by atoms with Crippen molar-refractivity contribution < 1.29 is 9.53 Å². The molecule has 112 valence electrons. The van der Waals surface area contributed by atoms with Crippen molar-refractivity contribution in [3.05, 3.63) is 0 Å². The maximum Gasteiger partial charge on any atom is 0.234 e. The maximum atomic E-state index is 11.9. The third kappa shape index (κ3) is 7.53. The molecule has 1 atom stereocenters. The number of rotatable bonds is 8. The second-order valence-electron chi connectivity index (χ2n) is 5.58. The molecule has 2 N–H and O–H groups in total. The Morgan fingerprint density at radius 2 is 1.95 bits per heavy atom. The van der Waals surface area contributed by atoms with E-state index in [4.69, 9.17) is 4.74 Å². The van der Waals surface area contributed by atoms with E-state index in [1.54, 1.807) is 7.11 Å². The largest absolute Gasteiger partial charge is 0.383 e. The maximum absolute atomic E-state index is 11.9. The summed E-state index contributed by atoms with van der Waals surface area (Å²) in [4.78, 5) is 11.9. The van der Waals surface area contributed by atoms with Crippen LogP contribution < -0.4 is 10.6 Å². The Kier molecular flexibility index (Phi) is 8.84. The van der Waals surface area contributed by atoms with Crippen molar-refractivity contribution >= 4 is 5.91 Å². The monoisotopic (exact) mass is 270 g/mol. The second kappa shape index (κ2) is 10.2. The molecule has 1 aliphatic carbocycles. The number of ether oxygens (including phenoxy) is 1. The Morgan fingerprint density at radius 3 is 2.53 bits per heavy atom. The first-order valence-electron chi connectivity index (χ1n) is 7.78. The van der Waals surface area contributed by atoms with Gasteiger partial charge in [-0.3, -0.25) is 4.79 Å². The van der Waals surface area contributed by atoms with Crippen LogP contribution in [0.2, 0.25) is 0 Å². The lowest BCUT2D eigenvalue weighted by molar-refractivity contribution is -0.121. The quantitative estimate of drug-likeness (QED) is 0.665. The molecule has 0 saturated heterocycles. The van der Waals surface area contributed by atoms with Crippen LogP contribution in [0.15, 0.2) is 0 Å². The average Bonchev–Trinajstić information content (AvgIpc) is 2.65. The third-order valence-electron chi connectivity index (χ3n) is 3.78. The zero-order chi connectivity index (χ0) is 13.9. The van der Waals surface area contributed by atoms with Crippen molar-refractivity contribution in [1.82, 2.24) is 10.6 Å². The first kappa shape index (κ1) is 16.4. The second-order valence-corrected chi connectivity index (χ2v) is 5.58. The van der Waals surface area contributed by atoms with E-state index in [1.165, 1.54) is 25.7 Å². The van der Waals surface area contributed by atoms with Gasteiger partial charge in [0.15, 0.2) is 0 Å². The predicted octanol–water partition coefficient (Wildman–Crippen LogP) is 2.23. The molecule has 19 heavy (non-hydrogen) atoms. The fraction of sp³-hybridized carbons (Fsp3) is 0.933. The van der Waals surface area contributed by atoms with Crippen LogP contribution in [0.25, 0.3) is 0 Å². The molecule has 1 amide bonds. The Bertz CT molecular complexity index is 232. The van der Waals surface area contributed by atoms with E-state index in [0.29, 0.717) is 19.2 Å². The minimum Gasteiger partial charge on any atom is -0.383 e. The fourth-order valence-electron chi connectivity index (χ4n) is 2.73. The van der Waals surface area contributed by atoms with Gasteiger partial charge in [-0.2, -0.15) is 0 Å². The van der Waals surface area contributed by atoms with E-state index in [2.05, 4.69) is 17.6 Å². The van der Waals surface area contributed by atoms with Crippen molar-refractivity contribution in [2.75, 3.05) is 20.3 Å². The summed E-state index contributed by atoms with van der Waals surface area (Å²) >= 11 is 0. The molecule has 4 nitrogen and oxygen atoms in total. The number of amides is 1. The molecule has 1 rings (SSSR count). The van der Waals surface area contributed by atoms with E-state index in [0.717, 1.165) is 25.7 Å². The number of carbonyl (C=O) groups excluding carboxylic acids is 1. The van der Waals surface area contributed by atoms with Crippen molar-refractivity contribution in [3.8, 4) is 0 Å². The van der Waals surface area contributed by atoms with Crippen molar-refractivity contribution in [3.63, 3.8) is 0 Å². The molecule has 0 aromatic heterocycles. The molecular weight excluding hydrogens is 240 g/mol. The molecular formula is C15H30N2O2. The number of hydrogen-bond donors (Lipinski definition) is 2. The molecule has 0 heterocycles. The summed E-state index contributed by atoms with van der Waals surface area (Å²) in [5.74, 6) is 0.129. The van der Waals surface area contributed by atoms with Crippen LogP contribution in [-0.4, -0.2) is 38.3 Å². The van der Waals surface area contributed by atoms with Gasteiger partial charge >= 0.3 is 0 Å². The summed E-state index contributed by atoms with van der Waals surface area (Å²) in [5.41, 5.74) is 0. The Hall–Kier alpha value is -0.610. The van der Waals surface area contributed by atoms with Gasteiger partial charge in [-0.05, 0) is 19.3 Å². The summed E-state index contributed by atoms with van der Waals surface area (Å²) in [5, 5.41) is 6.45. The minimum atomic E-state index is 0.129. The van der Waals surface area contributed by atoms with Gasteiger partial charge in [0.05, 0.1) is 13.2 Å². The number of carbonyl (C=O) groups is 1. The summed E-state index contributed by atoms with van der Waals surface area (Å²) in [6.07, 6.45) is 9.56. The van der Waals surface area contributed by atoms with E-state index in [-0.39, 0.29) is 11.9 Å². The summed E-state index contributed by atoms with van der Waals surface area (Å²) in [6.45, 7) is 3.23. The molecule has 0 aliphatic heterocycles. The van der Waals surface area contributed by atoms with Gasteiger partial charge < -0.3 is 15.4 Å². The van der Waals surface area contributed by atoms with Crippen molar-refractivity contribution in [2.24, 2.45) is 0 Å². The molecule has 0 spiro atoms. The van der Waals surface area contributed by atoms with Gasteiger partial charge in [0.25, 0.3) is 0 Å². The topological polar surface area (TPSA) is 50.4 Å². The van der Waals surface area contributed by atoms with Gasteiger partial charge in [-0.25, -0.2) is 0 Å². The molecule has 1 fully saturated rings. The predicted molar refractivity (Wildman–Crippen MR) is 78.2 cm³/mol. The molecule has 1 saturated carbocycles. The van der Waals surface area contributed by atoms with Crippen LogP contribution in [0.1, 0.15) is 58.3 Å². The summed E-state index contributed by atoms with van der Waals surface area (Å²) in [7, 11) is 1.70. The first-order valence-corrected chi connectivity index (χ1v) is 7.78. The lowest BCUT2D eigenvalue weighted by Crippen LogP contribution is -2.44. The Labute approximate surface area is 117 Å². The minimum absolute atomic E-state index is 0.129. The highest BCUT2D eigenvalue weighted by Gasteiger charge is 2.15.